The molecule has 0 bridgehead atoms. The molecule has 1 radical (unpaired) electrons. The molecule has 2 aromatic rings. The van der Waals surface area contributed by atoms with Crippen molar-refractivity contribution in [3.63, 3.8) is 0 Å². The number of hydrogen-bond acceptors (Lipinski definition) is 4. The summed E-state index contributed by atoms with van der Waals surface area (Å²) in [7, 11) is -1.85. The fourth-order valence-corrected chi connectivity index (χ4v) is 14.9. The third-order valence-corrected chi connectivity index (χ3v) is 15.5. The van der Waals surface area contributed by atoms with E-state index >= 15 is 0 Å². The molecule has 0 spiro atoms. The zero-order valence-corrected chi connectivity index (χ0v) is 29.4. The van der Waals surface area contributed by atoms with Crippen LogP contribution >= 0.6 is 15.8 Å². The van der Waals surface area contributed by atoms with Crippen LogP contribution in [0.5, 0.6) is 0 Å². The zero-order chi connectivity index (χ0) is 30.1. The first-order chi connectivity index (χ1) is 17.3. The molecule has 39 heavy (non-hydrogen) atoms. The van der Waals surface area contributed by atoms with Gasteiger partial charge in [-0.25, -0.2) is 4.98 Å². The Hall–Kier alpha value is -0.951. The Morgan fingerprint density at radius 2 is 1.13 bits per heavy atom. The number of aliphatic hydroxyl groups is 1. The van der Waals surface area contributed by atoms with Gasteiger partial charge in [-0.3, -0.25) is 13.6 Å². The van der Waals surface area contributed by atoms with Gasteiger partial charge in [-0.2, -0.15) is 0 Å². The van der Waals surface area contributed by atoms with E-state index in [9.17, 15) is 5.11 Å². The quantitative estimate of drug-likeness (QED) is 0.153. The monoisotopic (exact) mass is 616 g/mol. The Morgan fingerprint density at radius 1 is 0.692 bits per heavy atom. The summed E-state index contributed by atoms with van der Waals surface area (Å²) in [5.41, 5.74) is 3.25. The van der Waals surface area contributed by atoms with E-state index in [0.717, 1.165) is 17.4 Å². The van der Waals surface area contributed by atoms with E-state index in [1.54, 1.807) is 0 Å². The molecule has 0 aliphatic rings. The van der Waals surface area contributed by atoms with Gasteiger partial charge in [-0.1, -0.05) is 36.4 Å². The fraction of sp³-hybridized carbons (Fsp3) is 0.594. The maximum atomic E-state index is 11.9. The van der Waals surface area contributed by atoms with Gasteiger partial charge < -0.3 is 14.7 Å². The number of nitrogens with zero attached hydrogens (tertiary/aromatic N) is 1. The summed E-state index contributed by atoms with van der Waals surface area (Å²) in [4.78, 5) is 20.8. The van der Waals surface area contributed by atoms with Gasteiger partial charge in [-0.05, 0) is 101 Å². The summed E-state index contributed by atoms with van der Waals surface area (Å²) >= 11 is 0. The van der Waals surface area contributed by atoms with E-state index in [-0.39, 0.29) is 43.4 Å². The molecule has 2 atom stereocenters. The Balaban J connectivity index is 0. The van der Waals surface area contributed by atoms with E-state index in [1.807, 2.05) is 18.2 Å². The molecule has 1 aromatic heterocycles. The van der Waals surface area contributed by atoms with E-state index in [2.05, 4.69) is 127 Å². The van der Waals surface area contributed by atoms with Gasteiger partial charge in [0.1, 0.15) is 11.8 Å². The van der Waals surface area contributed by atoms with Crippen LogP contribution in [0.25, 0.3) is 0 Å². The van der Waals surface area contributed by atoms with Gasteiger partial charge >= 0.3 is 17.1 Å². The van der Waals surface area contributed by atoms with Crippen molar-refractivity contribution < 1.29 is 31.8 Å². The molecule has 219 valence electrons. The first-order valence-electron chi connectivity index (χ1n) is 13.2. The van der Waals surface area contributed by atoms with Gasteiger partial charge in [0.25, 0.3) is 0 Å². The van der Waals surface area contributed by atoms with Crippen LogP contribution in [0.2, 0.25) is 0 Å². The van der Waals surface area contributed by atoms with Gasteiger partial charge in [0, 0.05) is 15.8 Å². The number of rotatable bonds is 6. The summed E-state index contributed by atoms with van der Waals surface area (Å²) in [5.74, 6) is 0. The maximum absolute atomic E-state index is 11.9. The molecule has 0 saturated heterocycles. The van der Waals surface area contributed by atoms with Crippen molar-refractivity contribution >= 4 is 29.4 Å². The van der Waals surface area contributed by atoms with Crippen LogP contribution in [0, 0.1) is 0 Å². The molecule has 0 saturated carbocycles. The minimum Gasteiger partial charge on any atom is -0.545 e. The smallest absolute Gasteiger partial charge is 0.545 e. The average Bonchev–Trinajstić information content (AvgIpc) is 2.81. The minimum atomic E-state index is -1.12. The average molecular weight is 617 g/mol. The van der Waals surface area contributed by atoms with Crippen molar-refractivity contribution in [3.8, 4) is 0 Å². The van der Waals surface area contributed by atoms with Crippen LogP contribution < -0.4 is 0 Å². The molecule has 1 heterocycles. The normalized spacial score (nSPS) is 13.8. The topological polar surface area (TPSA) is 67.3 Å². The van der Waals surface area contributed by atoms with E-state index < -0.39 is 21.9 Å². The summed E-state index contributed by atoms with van der Waals surface area (Å²) in [6.07, 6.45) is 0.485. The van der Waals surface area contributed by atoms with Crippen LogP contribution in [-0.4, -0.2) is 44.3 Å². The first kappa shape index (κ1) is 40.2. The molecule has 2 unspecified atom stereocenters. The Labute approximate surface area is 252 Å². The summed E-state index contributed by atoms with van der Waals surface area (Å²) in [5, 5.41) is 12.6. The molecule has 0 amide bonds. The molecule has 0 aliphatic carbocycles. The summed E-state index contributed by atoms with van der Waals surface area (Å²) < 4.78 is 0. The van der Waals surface area contributed by atoms with Gasteiger partial charge in [-0.15, -0.1) is 0 Å². The van der Waals surface area contributed by atoms with Crippen molar-refractivity contribution in [2.24, 2.45) is 0 Å². The van der Waals surface area contributed by atoms with Crippen molar-refractivity contribution in [2.75, 3.05) is 0 Å². The second-order valence-electron chi connectivity index (χ2n) is 14.0. The number of aliphatic hydroxyl groups excluding tert-OH is 1. The summed E-state index contributed by atoms with van der Waals surface area (Å²) in [6.45, 7) is 34.9. The second kappa shape index (κ2) is 16.5. The number of hydrogen-bond donors (Lipinski definition) is 1. The van der Waals surface area contributed by atoms with Crippen molar-refractivity contribution in [1.82, 2.24) is 4.98 Å². The second-order valence-corrected chi connectivity index (χ2v) is 22.7. The summed E-state index contributed by atoms with van der Waals surface area (Å²) in [6, 6.07) is 16.8. The number of benzene rings is 1. The molecule has 4 nitrogen and oxygen atoms in total. The van der Waals surface area contributed by atoms with Crippen molar-refractivity contribution in [2.45, 2.75) is 122 Å². The van der Waals surface area contributed by atoms with E-state index in [0.29, 0.717) is 0 Å². The molecule has 1 N–H and O–H groups in total. The van der Waals surface area contributed by atoms with Crippen LogP contribution in [0.3, 0.4) is 0 Å². The van der Waals surface area contributed by atoms with Crippen molar-refractivity contribution in [3.05, 3.63) is 65.5 Å². The predicted molar refractivity (Wildman–Crippen MR) is 171 cm³/mol. The van der Waals surface area contributed by atoms with E-state index in [1.165, 1.54) is 5.69 Å². The van der Waals surface area contributed by atoms with Gasteiger partial charge in [0.2, 0.25) is 0 Å². The molecule has 7 heteroatoms. The van der Waals surface area contributed by atoms with E-state index in [4.69, 9.17) is 14.6 Å². The molecular formula is C32H53MnNO3P2+2. The number of aromatic nitrogens is 1. The van der Waals surface area contributed by atoms with Crippen LogP contribution in [-0.2, 0) is 32.8 Å². The number of pyridine rings is 1. The maximum Gasteiger partial charge on any atom is 2.00 e. The van der Waals surface area contributed by atoms with Gasteiger partial charge in [0.05, 0.1) is 38.2 Å². The van der Waals surface area contributed by atoms with Crippen molar-refractivity contribution in [1.29, 1.82) is 0 Å². The largest absolute Gasteiger partial charge is 2.00 e. The van der Waals surface area contributed by atoms with Crippen LogP contribution in [0.1, 0.15) is 112 Å². The zero-order valence-electron chi connectivity index (χ0n) is 26.2. The van der Waals surface area contributed by atoms with Crippen LogP contribution in [0.15, 0.2) is 48.5 Å². The molecule has 0 aliphatic heterocycles. The Bertz CT molecular complexity index is 930. The first-order valence-corrected chi connectivity index (χ1v) is 16.5. The SMILES string of the molecule is CC(C)(C)[PH+](Cc1cccc(C(C(O)c2ccccc2)[PH+](C(C)(C)C)C(C)(C)C)n1)C(C)(C)C.[CH-]=O.[CH-]=O.[Mn+2]. The number of carbonyl (C=O) groups excluding carboxylic acids is 2. The van der Waals surface area contributed by atoms with Gasteiger partial charge in [0.15, 0.2) is 0 Å². The molecule has 2 rings (SSSR count). The predicted octanol–water partition coefficient (Wildman–Crippen LogP) is 8.43. The Kier molecular flexibility index (Phi) is 17.0. The molecule has 1 aromatic carbocycles. The third kappa shape index (κ3) is 12.2. The standard InChI is InChI=1S/C30H49NOP2.2CHO.Mn/c1-27(2,3)33(28(4,5)6)21-23-19-16-20-24(31-23)26(25(32)22-17-14-13-15-18-22)34(29(7,8)9)30(10,11)12;2*1-2;/h13-20,25-26,32H,21H2,1-12H3;2*1H;/q;2*-1;+2/p+2. The molecular weight excluding hydrogens is 563 g/mol. The minimum absolute atomic E-state index is 0. The third-order valence-electron chi connectivity index (χ3n) is 6.70. The fourth-order valence-electron chi connectivity index (χ4n) is 5.97. The molecule has 0 fully saturated rings. The van der Waals surface area contributed by atoms with Crippen LogP contribution in [0.4, 0.5) is 0 Å². The Morgan fingerprint density at radius 3 is 1.51 bits per heavy atom.